The van der Waals surface area contributed by atoms with Gasteiger partial charge in [-0.2, -0.15) is 4.98 Å². The number of amides is 3. The van der Waals surface area contributed by atoms with Crippen molar-refractivity contribution in [2.75, 3.05) is 11.9 Å². The van der Waals surface area contributed by atoms with Crippen molar-refractivity contribution in [2.24, 2.45) is 5.92 Å². The van der Waals surface area contributed by atoms with Crippen molar-refractivity contribution in [1.29, 1.82) is 0 Å². The largest absolute Gasteiger partial charge is 0.459 e. The Morgan fingerprint density at radius 2 is 1.92 bits per heavy atom. The van der Waals surface area contributed by atoms with E-state index in [1.807, 2.05) is 54.0 Å². The lowest BCUT2D eigenvalue weighted by Gasteiger charge is -2.30. The maximum absolute atomic E-state index is 14.5. The number of para-hydroxylation sites is 1. The molecule has 0 unspecified atom stereocenters. The molecular formula is C36H45N7O6S. The number of aromatic nitrogens is 3. The van der Waals surface area contributed by atoms with Gasteiger partial charge >= 0.3 is 0 Å². The summed E-state index contributed by atoms with van der Waals surface area (Å²) in [5, 5.41) is 6.36. The van der Waals surface area contributed by atoms with Crippen LogP contribution < -0.4 is 20.1 Å². The molecule has 1 saturated heterocycles. The smallest absolute Gasteiger partial charge is 0.297 e. The van der Waals surface area contributed by atoms with Crippen molar-refractivity contribution >= 4 is 44.5 Å². The quantitative estimate of drug-likeness (QED) is 0.297. The number of rotatable bonds is 8. The molecule has 50 heavy (non-hydrogen) atoms. The average molecular weight is 704 g/mol. The fraction of sp³-hybridized carbons (Fsp3) is 0.528. The maximum Gasteiger partial charge on any atom is 0.297 e. The number of carbonyl (C=O) groups is 3. The van der Waals surface area contributed by atoms with Gasteiger partial charge in [0.1, 0.15) is 23.7 Å². The number of ether oxygens (including phenoxy) is 1. The zero-order chi connectivity index (χ0) is 35.1. The zero-order valence-corrected chi connectivity index (χ0v) is 29.3. The van der Waals surface area contributed by atoms with Crippen LogP contribution >= 0.6 is 0 Å². The summed E-state index contributed by atoms with van der Waals surface area (Å²) in [5.74, 6) is -1.87. The number of anilines is 1. The number of hydrogen-bond acceptors (Lipinski definition) is 9. The standard InChI is InChI=1S/C36H45N7O6S/c1-3-42-30-22-37-19-16-27(30)39-34(42)49-26-20-29-31(44)40-36(33(46)41-50(47,48)35(2)17-18-35)21-24(36)12-8-5-4-6-11-15-28(32(45)43(29)23-26)38-25-13-9-7-10-14-25/h7-10,12-14,16,19,22,24,26,28-29,38H,3-6,11,15,17-18,20-21,23H2,1-2H3,(H,40,44)(H,41,46)/t24-,26-,28+,29+,36-/m1/s1. The van der Waals surface area contributed by atoms with Crippen LogP contribution in [0.5, 0.6) is 6.01 Å². The Balaban J connectivity index is 1.20. The van der Waals surface area contributed by atoms with Crippen molar-refractivity contribution in [2.45, 2.75) is 107 Å². The molecule has 2 aliphatic heterocycles. The highest BCUT2D eigenvalue weighted by Crippen LogP contribution is 2.47. The van der Waals surface area contributed by atoms with E-state index in [4.69, 9.17) is 4.74 Å². The van der Waals surface area contributed by atoms with Crippen LogP contribution in [0, 0.1) is 5.92 Å². The summed E-state index contributed by atoms with van der Waals surface area (Å²) in [6, 6.07) is 10.1. The van der Waals surface area contributed by atoms with Crippen molar-refractivity contribution in [1.82, 2.24) is 29.5 Å². The number of pyridine rings is 1. The Morgan fingerprint density at radius 1 is 1.12 bits per heavy atom. The predicted molar refractivity (Wildman–Crippen MR) is 187 cm³/mol. The van der Waals surface area contributed by atoms with Gasteiger partial charge in [0.2, 0.25) is 21.8 Å². The molecule has 2 aromatic heterocycles. The van der Waals surface area contributed by atoms with Gasteiger partial charge in [-0.25, -0.2) is 8.42 Å². The Hall–Kier alpha value is -4.46. The average Bonchev–Trinajstić information content (AvgIpc) is 3.93. The van der Waals surface area contributed by atoms with E-state index in [0.29, 0.717) is 31.8 Å². The Bertz CT molecular complexity index is 1910. The number of carbonyl (C=O) groups excluding carboxylic acids is 3. The molecule has 0 radical (unpaired) electrons. The minimum Gasteiger partial charge on any atom is -0.459 e. The molecule has 2 aliphatic carbocycles. The van der Waals surface area contributed by atoms with E-state index in [2.05, 4.69) is 25.3 Å². The molecule has 4 heterocycles. The molecule has 0 bridgehead atoms. The highest BCUT2D eigenvalue weighted by atomic mass is 32.2. The van der Waals surface area contributed by atoms with E-state index in [1.165, 1.54) is 0 Å². The summed E-state index contributed by atoms with van der Waals surface area (Å²) in [5.41, 5.74) is 0.896. The SMILES string of the molecule is CCn1c(O[C@@H]2C[C@H]3C(=O)N[C@]4(C(=O)NS(=O)(=O)C5(C)CC5)C[C@H]4C=CCCCCC[C@H](Nc4ccccc4)C(=O)N3C2)nc2ccncc21. The van der Waals surface area contributed by atoms with Gasteiger partial charge in [-0.05, 0) is 70.6 Å². The number of imidazole rings is 1. The van der Waals surface area contributed by atoms with Gasteiger partial charge in [-0.15, -0.1) is 0 Å². The van der Waals surface area contributed by atoms with Gasteiger partial charge in [0, 0.05) is 30.8 Å². The van der Waals surface area contributed by atoms with Crippen molar-refractivity contribution in [3.8, 4) is 6.01 Å². The number of aryl methyl sites for hydroxylation is 1. The highest BCUT2D eigenvalue weighted by Gasteiger charge is 2.63. The number of fused-ring (bicyclic) bond motifs is 3. The van der Waals surface area contributed by atoms with E-state index in [-0.39, 0.29) is 31.2 Å². The molecule has 3 amide bonds. The molecule has 14 heteroatoms. The first-order valence-electron chi connectivity index (χ1n) is 17.7. The molecule has 3 N–H and O–H groups in total. The Morgan fingerprint density at radius 3 is 2.68 bits per heavy atom. The minimum atomic E-state index is -3.94. The highest BCUT2D eigenvalue weighted by molar-refractivity contribution is 7.91. The van der Waals surface area contributed by atoms with Crippen LogP contribution in [0.25, 0.3) is 11.0 Å². The van der Waals surface area contributed by atoms with Crippen LogP contribution in [0.4, 0.5) is 5.69 Å². The minimum absolute atomic E-state index is 0.129. The lowest BCUT2D eigenvalue weighted by Crippen LogP contribution is -2.58. The molecule has 0 spiro atoms. The van der Waals surface area contributed by atoms with Gasteiger partial charge in [-0.3, -0.25) is 28.7 Å². The van der Waals surface area contributed by atoms with Crippen LogP contribution in [0.15, 0.2) is 60.9 Å². The Labute approximate surface area is 292 Å². The lowest BCUT2D eigenvalue weighted by atomic mass is 10.0. The third kappa shape index (κ3) is 6.57. The first-order valence-corrected chi connectivity index (χ1v) is 19.2. The topological polar surface area (TPSA) is 165 Å². The van der Waals surface area contributed by atoms with E-state index in [1.54, 1.807) is 30.3 Å². The molecule has 3 aromatic rings. The second-order valence-electron chi connectivity index (χ2n) is 14.3. The molecular weight excluding hydrogens is 659 g/mol. The number of benzene rings is 1. The first kappa shape index (κ1) is 34.0. The molecule has 2 saturated carbocycles. The van der Waals surface area contributed by atoms with Crippen LogP contribution in [0.3, 0.4) is 0 Å². The van der Waals surface area contributed by atoms with Crippen LogP contribution in [0.1, 0.15) is 71.6 Å². The number of hydrogen-bond donors (Lipinski definition) is 3. The molecule has 1 aromatic carbocycles. The summed E-state index contributed by atoms with van der Waals surface area (Å²) in [6.07, 6.45) is 12.0. The zero-order valence-electron chi connectivity index (χ0n) is 28.5. The summed E-state index contributed by atoms with van der Waals surface area (Å²) >= 11 is 0. The van der Waals surface area contributed by atoms with E-state index < -0.39 is 50.3 Å². The molecule has 5 atom stereocenters. The summed E-state index contributed by atoms with van der Waals surface area (Å²) < 4.78 is 35.9. The molecule has 13 nitrogen and oxygen atoms in total. The lowest BCUT2D eigenvalue weighted by molar-refractivity contribution is -0.140. The van der Waals surface area contributed by atoms with E-state index in [0.717, 1.165) is 42.4 Å². The number of allylic oxidation sites excluding steroid dienone is 1. The molecule has 7 rings (SSSR count). The molecule has 266 valence electrons. The van der Waals surface area contributed by atoms with Crippen LogP contribution in [0.2, 0.25) is 0 Å². The van der Waals surface area contributed by atoms with Gasteiger partial charge in [0.25, 0.3) is 11.9 Å². The fourth-order valence-electron chi connectivity index (χ4n) is 7.17. The summed E-state index contributed by atoms with van der Waals surface area (Å²) in [6.45, 7) is 4.30. The predicted octanol–water partition coefficient (Wildman–Crippen LogP) is 3.67. The number of sulfonamides is 1. The van der Waals surface area contributed by atoms with Gasteiger partial charge in [-0.1, -0.05) is 43.2 Å². The van der Waals surface area contributed by atoms with Gasteiger partial charge < -0.3 is 20.3 Å². The monoisotopic (exact) mass is 703 g/mol. The van der Waals surface area contributed by atoms with Gasteiger partial charge in [0.15, 0.2) is 0 Å². The molecule has 3 fully saturated rings. The summed E-state index contributed by atoms with van der Waals surface area (Å²) in [4.78, 5) is 53.1. The van der Waals surface area contributed by atoms with E-state index >= 15 is 0 Å². The summed E-state index contributed by atoms with van der Waals surface area (Å²) in [7, 11) is -3.94. The van der Waals surface area contributed by atoms with Crippen molar-refractivity contribution in [3.05, 3.63) is 60.9 Å². The number of nitrogens with zero attached hydrogens (tertiary/aromatic N) is 4. The van der Waals surface area contributed by atoms with Crippen molar-refractivity contribution in [3.63, 3.8) is 0 Å². The Kier molecular flexibility index (Phi) is 9.08. The van der Waals surface area contributed by atoms with E-state index in [9.17, 15) is 22.8 Å². The number of nitrogens with one attached hydrogen (secondary N) is 3. The van der Waals surface area contributed by atoms with Crippen molar-refractivity contribution < 1.29 is 27.5 Å². The molecule has 4 aliphatic rings. The first-order chi connectivity index (χ1) is 24.0. The third-order valence-electron chi connectivity index (χ3n) is 10.7. The van der Waals surface area contributed by atoms with Crippen LogP contribution in [-0.4, -0.2) is 80.6 Å². The maximum atomic E-state index is 14.5. The van der Waals surface area contributed by atoms with Gasteiger partial charge in [0.05, 0.1) is 28.5 Å². The fourth-order valence-corrected chi connectivity index (χ4v) is 8.49. The van der Waals surface area contributed by atoms with Crippen LogP contribution in [-0.2, 0) is 31.0 Å². The second-order valence-corrected chi connectivity index (χ2v) is 16.5. The third-order valence-corrected chi connectivity index (χ3v) is 12.9. The second kappa shape index (κ2) is 13.3. The normalized spacial score (nSPS) is 28.1.